The number of benzene rings is 1. The topological polar surface area (TPSA) is 58.5 Å². The lowest BCUT2D eigenvalue weighted by Crippen LogP contribution is -2.47. The molecule has 1 aromatic carbocycles. The maximum Gasteiger partial charge on any atom is 0.297 e. The molecule has 1 aliphatic rings. The molecule has 0 saturated carbocycles. The molecule has 2 heterocycles. The number of nitrogens with two attached hydrogens (primary N) is 1. The van der Waals surface area contributed by atoms with Gasteiger partial charge in [0.2, 0.25) is 0 Å². The van der Waals surface area contributed by atoms with Crippen molar-refractivity contribution in [2.45, 2.75) is 20.4 Å². The van der Waals surface area contributed by atoms with Crippen LogP contribution in [0.1, 0.15) is 16.8 Å². The molecule has 0 spiro atoms. The summed E-state index contributed by atoms with van der Waals surface area (Å²) in [7, 11) is 0. The van der Waals surface area contributed by atoms with Gasteiger partial charge in [0.25, 0.3) is 6.01 Å². The largest absolute Gasteiger partial charge is 0.432 e. The van der Waals surface area contributed by atoms with E-state index < -0.39 is 0 Å². The van der Waals surface area contributed by atoms with Crippen LogP contribution < -0.4 is 15.5 Å². The summed E-state index contributed by atoms with van der Waals surface area (Å²) in [6.07, 6.45) is 1.65. The maximum atomic E-state index is 5.57. The van der Waals surface area contributed by atoms with Crippen molar-refractivity contribution >= 4 is 11.7 Å². The van der Waals surface area contributed by atoms with Gasteiger partial charge in [0.15, 0.2) is 0 Å². The zero-order chi connectivity index (χ0) is 14.8. The van der Waals surface area contributed by atoms with Crippen LogP contribution in [0.15, 0.2) is 28.9 Å². The van der Waals surface area contributed by atoms with E-state index in [1.54, 1.807) is 6.26 Å². The number of piperazine rings is 1. The Morgan fingerprint density at radius 1 is 1.14 bits per heavy atom. The molecule has 0 atom stereocenters. The van der Waals surface area contributed by atoms with Crippen LogP contribution in [0, 0.1) is 13.8 Å². The van der Waals surface area contributed by atoms with Gasteiger partial charge in [0.05, 0.1) is 5.69 Å². The van der Waals surface area contributed by atoms with E-state index in [-0.39, 0.29) is 0 Å². The van der Waals surface area contributed by atoms with Gasteiger partial charge in [0.1, 0.15) is 6.26 Å². The summed E-state index contributed by atoms with van der Waals surface area (Å²) in [5, 5.41) is 0. The summed E-state index contributed by atoms with van der Waals surface area (Å²) >= 11 is 0. The second-order valence-corrected chi connectivity index (χ2v) is 5.52. The first-order valence-electron chi connectivity index (χ1n) is 7.39. The summed E-state index contributed by atoms with van der Waals surface area (Å²) in [5.74, 6) is 0. The average molecular weight is 286 g/mol. The molecule has 2 N–H and O–H groups in total. The number of aromatic nitrogens is 1. The summed E-state index contributed by atoms with van der Waals surface area (Å²) < 4.78 is 5.50. The molecule has 0 radical (unpaired) electrons. The fourth-order valence-corrected chi connectivity index (χ4v) is 2.75. The van der Waals surface area contributed by atoms with E-state index in [9.17, 15) is 0 Å². The number of nitrogens with zero attached hydrogens (tertiary/aromatic N) is 3. The van der Waals surface area contributed by atoms with Gasteiger partial charge in [0, 0.05) is 38.4 Å². The van der Waals surface area contributed by atoms with Crippen molar-refractivity contribution in [3.63, 3.8) is 0 Å². The smallest absolute Gasteiger partial charge is 0.297 e. The molecule has 5 heteroatoms. The highest BCUT2D eigenvalue weighted by Crippen LogP contribution is 2.25. The van der Waals surface area contributed by atoms with E-state index in [1.807, 2.05) is 0 Å². The van der Waals surface area contributed by atoms with Crippen molar-refractivity contribution in [3.8, 4) is 0 Å². The third-order valence-electron chi connectivity index (χ3n) is 4.22. The molecular formula is C16H22N4O. The van der Waals surface area contributed by atoms with Crippen LogP contribution in [0.5, 0.6) is 0 Å². The first-order valence-corrected chi connectivity index (χ1v) is 7.39. The molecule has 0 bridgehead atoms. The van der Waals surface area contributed by atoms with Gasteiger partial charge in [-0.25, -0.2) is 0 Å². The van der Waals surface area contributed by atoms with Crippen molar-refractivity contribution in [1.29, 1.82) is 0 Å². The van der Waals surface area contributed by atoms with Crippen molar-refractivity contribution in [3.05, 3.63) is 41.3 Å². The van der Waals surface area contributed by atoms with Crippen molar-refractivity contribution < 1.29 is 4.42 Å². The molecule has 3 rings (SSSR count). The number of rotatable bonds is 3. The van der Waals surface area contributed by atoms with Gasteiger partial charge < -0.3 is 20.0 Å². The highest BCUT2D eigenvalue weighted by Gasteiger charge is 2.21. The van der Waals surface area contributed by atoms with Crippen molar-refractivity contribution in [1.82, 2.24) is 4.98 Å². The van der Waals surface area contributed by atoms with Gasteiger partial charge in [-0.1, -0.05) is 12.1 Å². The Bertz CT molecular complexity index is 614. The fourth-order valence-electron chi connectivity index (χ4n) is 2.75. The molecule has 0 aliphatic carbocycles. The van der Waals surface area contributed by atoms with Gasteiger partial charge in [-0.2, -0.15) is 4.98 Å². The Morgan fingerprint density at radius 2 is 1.86 bits per heavy atom. The lowest BCUT2D eigenvalue weighted by molar-refractivity contribution is 0.515. The number of oxazole rings is 1. The van der Waals surface area contributed by atoms with Crippen LogP contribution in [-0.2, 0) is 6.54 Å². The van der Waals surface area contributed by atoms with Gasteiger partial charge in [-0.15, -0.1) is 0 Å². The molecule has 2 aromatic rings. The summed E-state index contributed by atoms with van der Waals surface area (Å²) in [5.41, 5.74) is 10.4. The summed E-state index contributed by atoms with van der Waals surface area (Å²) in [6, 6.07) is 7.19. The van der Waals surface area contributed by atoms with E-state index >= 15 is 0 Å². The highest BCUT2D eigenvalue weighted by atomic mass is 16.4. The van der Waals surface area contributed by atoms with E-state index in [0.717, 1.165) is 31.9 Å². The van der Waals surface area contributed by atoms with Gasteiger partial charge in [-0.05, 0) is 31.0 Å². The number of hydrogen-bond acceptors (Lipinski definition) is 5. The molecule has 1 aliphatic heterocycles. The second-order valence-electron chi connectivity index (χ2n) is 5.52. The van der Waals surface area contributed by atoms with Gasteiger partial charge >= 0.3 is 0 Å². The van der Waals surface area contributed by atoms with E-state index in [0.29, 0.717) is 12.6 Å². The first-order chi connectivity index (χ1) is 10.2. The Labute approximate surface area is 125 Å². The lowest BCUT2D eigenvalue weighted by atomic mass is 10.1. The van der Waals surface area contributed by atoms with Crippen LogP contribution >= 0.6 is 0 Å². The van der Waals surface area contributed by atoms with Crippen LogP contribution in [-0.4, -0.2) is 31.2 Å². The normalized spacial score (nSPS) is 15.6. The predicted octanol–water partition coefficient (Wildman–Crippen LogP) is 2.08. The molecule has 0 amide bonds. The minimum Gasteiger partial charge on any atom is -0.432 e. The molecule has 5 nitrogen and oxygen atoms in total. The third-order valence-corrected chi connectivity index (χ3v) is 4.22. The lowest BCUT2D eigenvalue weighted by Gasteiger charge is -2.36. The Morgan fingerprint density at radius 3 is 2.52 bits per heavy atom. The summed E-state index contributed by atoms with van der Waals surface area (Å²) in [6.45, 7) is 8.56. The Hall–Kier alpha value is -2.01. The quantitative estimate of drug-likeness (QED) is 0.936. The first kappa shape index (κ1) is 13.9. The van der Waals surface area contributed by atoms with Crippen molar-refractivity contribution in [2.75, 3.05) is 36.0 Å². The molecule has 1 aromatic heterocycles. The zero-order valence-electron chi connectivity index (χ0n) is 12.7. The fraction of sp³-hybridized carbons (Fsp3) is 0.438. The average Bonchev–Trinajstić information content (AvgIpc) is 2.99. The number of hydrogen-bond donors (Lipinski definition) is 1. The molecule has 112 valence electrons. The van der Waals surface area contributed by atoms with E-state index in [1.165, 1.54) is 16.8 Å². The van der Waals surface area contributed by atoms with E-state index in [2.05, 4.69) is 46.8 Å². The molecular weight excluding hydrogens is 264 g/mol. The highest BCUT2D eigenvalue weighted by molar-refractivity contribution is 5.57. The third kappa shape index (κ3) is 2.74. The monoisotopic (exact) mass is 286 g/mol. The second kappa shape index (κ2) is 5.77. The van der Waals surface area contributed by atoms with Crippen LogP contribution in [0.3, 0.4) is 0 Å². The molecule has 1 fully saturated rings. The standard InChI is InChI=1S/C16H22N4O/c1-12-4-3-5-15(13(12)2)19-6-8-20(9-7-19)16-18-14(10-17)11-21-16/h3-5,11H,6-10,17H2,1-2H3. The maximum absolute atomic E-state index is 5.57. The minimum atomic E-state index is 0.423. The van der Waals surface area contributed by atoms with Crippen LogP contribution in [0.25, 0.3) is 0 Å². The van der Waals surface area contributed by atoms with Gasteiger partial charge in [-0.3, -0.25) is 0 Å². The number of anilines is 2. The number of aryl methyl sites for hydroxylation is 1. The molecule has 0 unspecified atom stereocenters. The summed E-state index contributed by atoms with van der Waals surface area (Å²) in [4.78, 5) is 9.02. The van der Waals surface area contributed by atoms with E-state index in [4.69, 9.17) is 10.2 Å². The minimum absolute atomic E-state index is 0.423. The molecule has 21 heavy (non-hydrogen) atoms. The SMILES string of the molecule is Cc1cccc(N2CCN(c3nc(CN)co3)CC2)c1C. The van der Waals surface area contributed by atoms with Crippen LogP contribution in [0.4, 0.5) is 11.7 Å². The van der Waals surface area contributed by atoms with Crippen LogP contribution in [0.2, 0.25) is 0 Å². The zero-order valence-corrected chi connectivity index (χ0v) is 12.7. The Balaban J connectivity index is 1.68. The predicted molar refractivity (Wildman–Crippen MR) is 84.7 cm³/mol. The molecule has 1 saturated heterocycles. The Kier molecular flexibility index (Phi) is 3.84. The van der Waals surface area contributed by atoms with Crippen molar-refractivity contribution in [2.24, 2.45) is 5.73 Å².